The zero-order chi connectivity index (χ0) is 24.7. The topological polar surface area (TPSA) is 79.0 Å². The van der Waals surface area contributed by atoms with E-state index >= 15 is 0 Å². The minimum atomic E-state index is -0.991. The summed E-state index contributed by atoms with van der Waals surface area (Å²) in [5.41, 5.74) is 5.97. The minimum absolute atomic E-state index is 0.369. The van der Waals surface area contributed by atoms with Crippen LogP contribution in [-0.2, 0) is 16.0 Å². The summed E-state index contributed by atoms with van der Waals surface area (Å²) in [7, 11) is 1.49. The first kappa shape index (κ1) is 23.3. The summed E-state index contributed by atoms with van der Waals surface area (Å²) in [5, 5.41) is 1.32. The van der Waals surface area contributed by atoms with Gasteiger partial charge in [-0.25, -0.2) is 10.3 Å². The summed E-state index contributed by atoms with van der Waals surface area (Å²) in [4.78, 5) is 42.3. The van der Waals surface area contributed by atoms with Crippen LogP contribution in [0.2, 0.25) is 0 Å². The monoisotopic (exact) mass is 533 g/mol. The molecule has 0 radical (unpaired) electrons. The lowest BCUT2D eigenvalue weighted by Crippen LogP contribution is -2.48. The van der Waals surface area contributed by atoms with E-state index in [-0.39, 0.29) is 11.8 Å². The van der Waals surface area contributed by atoms with Crippen molar-refractivity contribution in [1.29, 1.82) is 0 Å². The van der Waals surface area contributed by atoms with Crippen LogP contribution >= 0.6 is 15.9 Å². The van der Waals surface area contributed by atoms with Gasteiger partial charge in [0.25, 0.3) is 11.8 Å². The highest BCUT2D eigenvalue weighted by Crippen LogP contribution is 2.44. The number of rotatable bonds is 5. The molecule has 1 N–H and O–H groups in total. The second-order valence-corrected chi connectivity index (χ2v) is 9.46. The van der Waals surface area contributed by atoms with Crippen molar-refractivity contribution < 1.29 is 19.1 Å². The van der Waals surface area contributed by atoms with Gasteiger partial charge in [-0.05, 0) is 47.9 Å². The van der Waals surface area contributed by atoms with E-state index in [0.29, 0.717) is 17.0 Å². The molecule has 5 rings (SSSR count). The van der Waals surface area contributed by atoms with Crippen molar-refractivity contribution in [3.8, 4) is 5.75 Å². The Hall–Kier alpha value is -3.49. The zero-order valence-electron chi connectivity index (χ0n) is 19.3. The Labute approximate surface area is 211 Å². The van der Waals surface area contributed by atoms with Crippen molar-refractivity contribution in [2.24, 2.45) is 5.92 Å². The summed E-state index contributed by atoms with van der Waals surface area (Å²) in [5.74, 6) is -1.58. The third-order valence-electron chi connectivity index (χ3n) is 6.60. The van der Waals surface area contributed by atoms with E-state index in [0.717, 1.165) is 26.9 Å². The van der Waals surface area contributed by atoms with Crippen LogP contribution < -0.4 is 15.1 Å². The van der Waals surface area contributed by atoms with Crippen molar-refractivity contribution in [3.05, 3.63) is 94.0 Å². The highest BCUT2D eigenvalue weighted by atomic mass is 79.9. The summed E-state index contributed by atoms with van der Waals surface area (Å²) >= 11 is 3.40. The maximum absolute atomic E-state index is 13.8. The second-order valence-electron chi connectivity index (χ2n) is 8.54. The largest absolute Gasteiger partial charge is 0.495 e. The van der Waals surface area contributed by atoms with E-state index in [1.54, 1.807) is 42.5 Å². The lowest BCUT2D eigenvalue weighted by atomic mass is 9.90. The first-order chi connectivity index (χ1) is 16.9. The first-order valence-corrected chi connectivity index (χ1v) is 12.2. The highest BCUT2D eigenvalue weighted by Gasteiger charge is 2.60. The fourth-order valence-corrected chi connectivity index (χ4v) is 5.22. The molecule has 8 heteroatoms. The summed E-state index contributed by atoms with van der Waals surface area (Å²) in [6.07, 6.45) is 0.886. The van der Waals surface area contributed by atoms with Crippen molar-refractivity contribution >= 4 is 39.3 Å². The molecule has 3 amide bonds. The molecule has 0 aliphatic carbocycles. The predicted molar refractivity (Wildman–Crippen MR) is 135 cm³/mol. The molecule has 178 valence electrons. The third kappa shape index (κ3) is 3.92. The maximum Gasteiger partial charge on any atom is 0.268 e. The number of amides is 3. The second kappa shape index (κ2) is 9.28. The molecule has 3 atom stereocenters. The van der Waals surface area contributed by atoms with Crippen LogP contribution in [0.25, 0.3) is 0 Å². The van der Waals surface area contributed by atoms with E-state index in [2.05, 4.69) is 28.3 Å². The molecule has 3 aromatic rings. The predicted octanol–water partition coefficient (Wildman–Crippen LogP) is 4.28. The van der Waals surface area contributed by atoms with Crippen LogP contribution in [0.1, 0.15) is 34.5 Å². The van der Waals surface area contributed by atoms with E-state index in [4.69, 9.17) is 4.74 Å². The molecule has 2 aliphatic rings. The highest BCUT2D eigenvalue weighted by molar-refractivity contribution is 9.10. The van der Waals surface area contributed by atoms with Gasteiger partial charge in [-0.2, -0.15) is 0 Å². The number of hydrogen-bond acceptors (Lipinski definition) is 5. The average molecular weight is 534 g/mol. The summed E-state index contributed by atoms with van der Waals surface area (Å²) in [6.45, 7) is 2.07. The smallest absolute Gasteiger partial charge is 0.268 e. The van der Waals surface area contributed by atoms with Crippen molar-refractivity contribution in [2.75, 3.05) is 12.0 Å². The van der Waals surface area contributed by atoms with Crippen LogP contribution in [-0.4, -0.2) is 35.9 Å². The number of fused-ring (bicyclic) bond motifs is 1. The van der Waals surface area contributed by atoms with Gasteiger partial charge in [0.05, 0.1) is 24.8 Å². The lowest BCUT2D eigenvalue weighted by molar-refractivity contribution is -0.123. The quantitative estimate of drug-likeness (QED) is 0.495. The number of nitrogens with one attached hydrogen (secondary N) is 1. The molecular formula is C27H24BrN3O4. The Balaban J connectivity index is 1.59. The van der Waals surface area contributed by atoms with E-state index in [1.165, 1.54) is 12.1 Å². The van der Waals surface area contributed by atoms with Crippen LogP contribution in [0.4, 0.5) is 5.69 Å². The molecule has 0 saturated carbocycles. The fourth-order valence-electron chi connectivity index (χ4n) is 4.82. The van der Waals surface area contributed by atoms with Crippen molar-refractivity contribution in [3.63, 3.8) is 0 Å². The number of para-hydroxylation sites is 2. The number of hydrazine groups is 1. The lowest BCUT2D eigenvalue weighted by Gasteiger charge is -2.26. The number of halogens is 1. The first-order valence-electron chi connectivity index (χ1n) is 11.4. The van der Waals surface area contributed by atoms with Gasteiger partial charge in [-0.1, -0.05) is 65.3 Å². The molecule has 0 bridgehead atoms. The van der Waals surface area contributed by atoms with Crippen molar-refractivity contribution in [1.82, 2.24) is 10.4 Å². The molecular weight excluding hydrogens is 510 g/mol. The molecule has 2 saturated heterocycles. The SMILES string of the molecule is CCc1ccc([C@@H]2NN(C(=O)c3cccc(Br)c3)[C@@H]3C(=O)N(c4ccccc4OC)C(=O)[C@H]32)cc1. The van der Waals surface area contributed by atoms with Gasteiger partial charge in [-0.3, -0.25) is 19.4 Å². The molecule has 2 fully saturated rings. The number of carbonyl (C=O) groups excluding carboxylic acids is 3. The number of hydrogen-bond donors (Lipinski definition) is 1. The van der Waals surface area contributed by atoms with Crippen LogP contribution in [0.15, 0.2) is 77.3 Å². The van der Waals surface area contributed by atoms with Gasteiger partial charge in [-0.15, -0.1) is 0 Å². The van der Waals surface area contributed by atoms with Crippen molar-refractivity contribution in [2.45, 2.75) is 25.4 Å². The molecule has 3 aromatic carbocycles. The summed E-state index contributed by atoms with van der Waals surface area (Å²) in [6, 6.07) is 20.2. The van der Waals surface area contributed by atoms with E-state index in [9.17, 15) is 14.4 Å². The number of aryl methyl sites for hydroxylation is 1. The molecule has 7 nitrogen and oxygen atoms in total. The van der Waals surface area contributed by atoms with Gasteiger partial charge in [0.15, 0.2) is 0 Å². The van der Waals surface area contributed by atoms with Gasteiger partial charge in [0.2, 0.25) is 5.91 Å². The van der Waals surface area contributed by atoms with Gasteiger partial charge < -0.3 is 4.74 Å². The third-order valence-corrected chi connectivity index (χ3v) is 7.09. The molecule has 0 unspecified atom stereocenters. The number of carbonyl (C=O) groups is 3. The van der Waals surface area contributed by atoms with Gasteiger partial charge in [0.1, 0.15) is 11.8 Å². The maximum atomic E-state index is 13.8. The molecule has 2 heterocycles. The minimum Gasteiger partial charge on any atom is -0.495 e. The summed E-state index contributed by atoms with van der Waals surface area (Å²) < 4.78 is 6.17. The van der Waals surface area contributed by atoms with E-state index in [1.807, 2.05) is 30.3 Å². The molecule has 0 aromatic heterocycles. The number of methoxy groups -OCH3 is 1. The molecule has 2 aliphatic heterocycles. The van der Waals surface area contributed by atoms with Crippen LogP contribution in [0.3, 0.4) is 0 Å². The Kier molecular flexibility index (Phi) is 6.17. The average Bonchev–Trinajstić information content (AvgIpc) is 3.40. The Morgan fingerprint density at radius 1 is 1.00 bits per heavy atom. The van der Waals surface area contributed by atoms with Gasteiger partial charge in [0, 0.05) is 10.0 Å². The number of benzene rings is 3. The Morgan fingerprint density at radius 3 is 2.43 bits per heavy atom. The standard InChI is InChI=1S/C27H24BrN3O4/c1-3-16-11-13-17(14-12-16)23-22-24(31(29-23)25(32)18-7-6-8-19(28)15-18)27(34)30(26(22)33)20-9-4-5-10-21(20)35-2/h4-15,22-24,29H,3H2,1-2H3/t22-,23-,24-/m0/s1. The fraction of sp³-hybridized carbons (Fsp3) is 0.222. The number of nitrogens with zero attached hydrogens (tertiary/aromatic N) is 2. The number of anilines is 1. The normalized spacial score (nSPS) is 21.4. The molecule has 35 heavy (non-hydrogen) atoms. The Morgan fingerprint density at radius 2 is 1.74 bits per heavy atom. The van der Waals surface area contributed by atoms with Crippen LogP contribution in [0.5, 0.6) is 5.75 Å². The van der Waals surface area contributed by atoms with Crippen LogP contribution in [0, 0.1) is 5.92 Å². The van der Waals surface area contributed by atoms with Gasteiger partial charge >= 0.3 is 0 Å². The number of ether oxygens (including phenoxy) is 1. The zero-order valence-corrected chi connectivity index (χ0v) is 20.9. The van der Waals surface area contributed by atoms with E-state index < -0.39 is 23.9 Å². The Bertz CT molecular complexity index is 1310. The number of imide groups is 1. The molecule has 0 spiro atoms.